The van der Waals surface area contributed by atoms with Crippen molar-refractivity contribution in [1.82, 2.24) is 5.32 Å². The van der Waals surface area contributed by atoms with Crippen LogP contribution in [0.4, 0.5) is 0 Å². The minimum Gasteiger partial charge on any atom is -0.389 e. The van der Waals surface area contributed by atoms with Crippen molar-refractivity contribution < 1.29 is 5.11 Å². The molecule has 92 valence electrons. The highest BCUT2D eigenvalue weighted by Gasteiger charge is 2.34. The zero-order chi connectivity index (χ0) is 12.3. The number of aliphatic hydroxyl groups is 1. The lowest BCUT2D eigenvalue weighted by molar-refractivity contribution is -0.00674. The van der Waals surface area contributed by atoms with Crippen LogP contribution in [0.15, 0.2) is 0 Å². The van der Waals surface area contributed by atoms with E-state index in [4.69, 9.17) is 5.73 Å². The summed E-state index contributed by atoms with van der Waals surface area (Å²) in [4.78, 5) is 0. The molecule has 0 aliphatic rings. The smallest absolute Gasteiger partial charge is 0.0767 e. The fraction of sp³-hybridized carbons (Fsp3) is 1.00. The summed E-state index contributed by atoms with van der Waals surface area (Å²) in [6, 6.07) is 0. The van der Waals surface area contributed by atoms with E-state index in [9.17, 15) is 5.11 Å². The third-order valence-electron chi connectivity index (χ3n) is 3.58. The number of hydrogen-bond donors (Lipinski definition) is 3. The van der Waals surface area contributed by atoms with Crippen LogP contribution in [0.1, 0.15) is 41.5 Å². The summed E-state index contributed by atoms with van der Waals surface area (Å²) in [7, 11) is 0. The van der Waals surface area contributed by atoms with Crippen molar-refractivity contribution in [1.29, 1.82) is 0 Å². The summed E-state index contributed by atoms with van der Waals surface area (Å²) in [5.74, 6) is 1.03. The maximum atomic E-state index is 9.98. The summed E-state index contributed by atoms with van der Waals surface area (Å²) in [5.41, 5.74) is 4.68. The molecule has 3 heteroatoms. The Hall–Kier alpha value is -0.120. The largest absolute Gasteiger partial charge is 0.389 e. The van der Waals surface area contributed by atoms with E-state index in [0.29, 0.717) is 18.4 Å². The molecule has 1 atom stereocenters. The van der Waals surface area contributed by atoms with Crippen molar-refractivity contribution in [2.75, 3.05) is 13.1 Å². The van der Waals surface area contributed by atoms with Crippen molar-refractivity contribution in [3.8, 4) is 0 Å². The van der Waals surface area contributed by atoms with Crippen LogP contribution in [0, 0.1) is 11.8 Å². The first-order valence-electron chi connectivity index (χ1n) is 5.79. The van der Waals surface area contributed by atoms with E-state index >= 15 is 0 Å². The summed E-state index contributed by atoms with van der Waals surface area (Å²) in [6.07, 6.45) is 0. The molecular formula is C12H28N2O. The van der Waals surface area contributed by atoms with Gasteiger partial charge in [-0.3, -0.25) is 0 Å². The average Bonchev–Trinajstić information content (AvgIpc) is 2.02. The second kappa shape index (κ2) is 5.28. The lowest BCUT2D eigenvalue weighted by atomic mass is 9.85. The maximum absolute atomic E-state index is 9.98. The van der Waals surface area contributed by atoms with Crippen LogP contribution in [0.25, 0.3) is 0 Å². The molecule has 0 heterocycles. The van der Waals surface area contributed by atoms with Gasteiger partial charge in [-0.2, -0.15) is 0 Å². The first-order valence-corrected chi connectivity index (χ1v) is 5.79. The van der Waals surface area contributed by atoms with Crippen LogP contribution >= 0.6 is 0 Å². The van der Waals surface area contributed by atoms with E-state index in [-0.39, 0.29) is 5.54 Å². The summed E-state index contributed by atoms with van der Waals surface area (Å²) < 4.78 is 0. The highest BCUT2D eigenvalue weighted by atomic mass is 16.3. The third kappa shape index (κ3) is 4.49. The second-order valence-corrected chi connectivity index (χ2v) is 5.80. The van der Waals surface area contributed by atoms with E-state index in [2.05, 4.69) is 19.2 Å². The van der Waals surface area contributed by atoms with Gasteiger partial charge in [0.15, 0.2) is 0 Å². The lowest BCUT2D eigenvalue weighted by Gasteiger charge is -2.39. The molecule has 1 unspecified atom stereocenters. The zero-order valence-electron chi connectivity index (χ0n) is 11.1. The molecule has 0 aliphatic carbocycles. The van der Waals surface area contributed by atoms with E-state index in [1.54, 1.807) is 0 Å². The first kappa shape index (κ1) is 14.9. The van der Waals surface area contributed by atoms with Crippen molar-refractivity contribution in [3.63, 3.8) is 0 Å². The molecule has 0 amide bonds. The molecule has 0 radical (unpaired) electrons. The Balaban J connectivity index is 4.25. The summed E-state index contributed by atoms with van der Waals surface area (Å²) in [5, 5.41) is 13.4. The van der Waals surface area contributed by atoms with Gasteiger partial charge in [-0.1, -0.05) is 13.8 Å². The predicted molar refractivity (Wildman–Crippen MR) is 65.8 cm³/mol. The van der Waals surface area contributed by atoms with Gasteiger partial charge in [0.2, 0.25) is 0 Å². The fourth-order valence-electron chi connectivity index (χ4n) is 1.19. The maximum Gasteiger partial charge on any atom is 0.0767 e. The monoisotopic (exact) mass is 216 g/mol. The van der Waals surface area contributed by atoms with Gasteiger partial charge in [0.25, 0.3) is 0 Å². The molecule has 0 fully saturated rings. The average molecular weight is 216 g/mol. The molecule has 0 aromatic carbocycles. The third-order valence-corrected chi connectivity index (χ3v) is 3.58. The minimum atomic E-state index is -0.733. The second-order valence-electron chi connectivity index (χ2n) is 5.80. The molecular weight excluding hydrogens is 188 g/mol. The molecule has 0 bridgehead atoms. The molecule has 0 spiro atoms. The molecule has 0 saturated carbocycles. The Kier molecular flexibility index (Phi) is 5.24. The van der Waals surface area contributed by atoms with Crippen molar-refractivity contribution in [3.05, 3.63) is 0 Å². The van der Waals surface area contributed by atoms with E-state index in [1.165, 1.54) is 0 Å². The van der Waals surface area contributed by atoms with Crippen LogP contribution in [0.5, 0.6) is 0 Å². The summed E-state index contributed by atoms with van der Waals surface area (Å²) in [6.45, 7) is 13.6. The van der Waals surface area contributed by atoms with Gasteiger partial charge in [0.05, 0.1) is 5.60 Å². The molecule has 15 heavy (non-hydrogen) atoms. The van der Waals surface area contributed by atoms with Crippen molar-refractivity contribution in [2.45, 2.75) is 52.7 Å². The summed E-state index contributed by atoms with van der Waals surface area (Å²) >= 11 is 0. The van der Waals surface area contributed by atoms with Gasteiger partial charge in [-0.05, 0) is 46.1 Å². The van der Waals surface area contributed by atoms with Crippen LogP contribution in [0.2, 0.25) is 0 Å². The molecule has 0 aromatic heterocycles. The Morgan fingerprint density at radius 2 is 1.67 bits per heavy atom. The molecule has 0 aliphatic heterocycles. The fourth-order valence-corrected chi connectivity index (χ4v) is 1.19. The molecule has 0 rings (SSSR count). The molecule has 0 saturated heterocycles. The van der Waals surface area contributed by atoms with Crippen LogP contribution < -0.4 is 11.1 Å². The van der Waals surface area contributed by atoms with Gasteiger partial charge in [0, 0.05) is 12.1 Å². The van der Waals surface area contributed by atoms with Crippen LogP contribution in [-0.2, 0) is 0 Å². The van der Waals surface area contributed by atoms with E-state index in [0.717, 1.165) is 6.54 Å². The molecule has 4 N–H and O–H groups in total. The SMILES string of the molecule is CC(C)C(CN)CNC(C)(C)C(C)(C)O. The topological polar surface area (TPSA) is 58.3 Å². The number of rotatable bonds is 6. The highest BCUT2D eigenvalue weighted by Crippen LogP contribution is 2.21. The predicted octanol–water partition coefficient (Wildman–Crippen LogP) is 1.36. The Bertz CT molecular complexity index is 183. The highest BCUT2D eigenvalue weighted by molar-refractivity contribution is 4.93. The van der Waals surface area contributed by atoms with Crippen LogP contribution in [-0.4, -0.2) is 29.3 Å². The standard InChI is InChI=1S/C12H28N2O/c1-9(2)10(7-13)8-14-11(3,4)12(5,6)15/h9-10,14-15H,7-8,13H2,1-6H3. The number of nitrogens with two attached hydrogens (primary N) is 1. The van der Waals surface area contributed by atoms with Gasteiger partial charge in [-0.25, -0.2) is 0 Å². The van der Waals surface area contributed by atoms with Crippen molar-refractivity contribution in [2.24, 2.45) is 17.6 Å². The first-order chi connectivity index (χ1) is 6.62. The van der Waals surface area contributed by atoms with Crippen molar-refractivity contribution >= 4 is 0 Å². The van der Waals surface area contributed by atoms with Gasteiger partial charge < -0.3 is 16.2 Å². The van der Waals surface area contributed by atoms with Crippen LogP contribution in [0.3, 0.4) is 0 Å². The quantitative estimate of drug-likeness (QED) is 0.628. The zero-order valence-corrected chi connectivity index (χ0v) is 11.1. The Labute approximate surface area is 94.4 Å². The van der Waals surface area contributed by atoms with Gasteiger partial charge >= 0.3 is 0 Å². The van der Waals surface area contributed by atoms with E-state index < -0.39 is 5.60 Å². The molecule has 0 aromatic rings. The van der Waals surface area contributed by atoms with Gasteiger partial charge in [-0.15, -0.1) is 0 Å². The minimum absolute atomic E-state index is 0.296. The van der Waals surface area contributed by atoms with Gasteiger partial charge in [0.1, 0.15) is 0 Å². The van der Waals surface area contributed by atoms with E-state index in [1.807, 2.05) is 27.7 Å². The Morgan fingerprint density at radius 1 is 1.20 bits per heavy atom. The number of hydrogen-bond acceptors (Lipinski definition) is 3. The molecule has 3 nitrogen and oxygen atoms in total. The number of nitrogens with one attached hydrogen (secondary N) is 1. The normalized spacial score (nSPS) is 15.8. The lowest BCUT2D eigenvalue weighted by Crippen LogP contribution is -2.57. The Morgan fingerprint density at radius 3 is 1.93 bits per heavy atom.